The Morgan fingerprint density at radius 3 is 2.41 bits per heavy atom. The molecule has 7 nitrogen and oxygen atoms in total. The van der Waals surface area contributed by atoms with Gasteiger partial charge in [-0.2, -0.15) is 0 Å². The Balaban J connectivity index is 1.79. The summed E-state index contributed by atoms with van der Waals surface area (Å²) in [6, 6.07) is 22.5. The Labute approximate surface area is 185 Å². The molecule has 3 aromatic rings. The lowest BCUT2D eigenvalue weighted by atomic mass is 9.91. The smallest absolute Gasteiger partial charge is 0.321 e. The zero-order valence-electron chi connectivity index (χ0n) is 17.7. The van der Waals surface area contributed by atoms with E-state index in [9.17, 15) is 4.79 Å². The molecule has 5 rings (SSSR count). The van der Waals surface area contributed by atoms with Gasteiger partial charge in [-0.1, -0.05) is 54.6 Å². The number of hydrogen-bond donors (Lipinski definition) is 3. The fraction of sp³-hybridized carbons (Fsp3) is 0.120. The van der Waals surface area contributed by atoms with E-state index in [1.807, 2.05) is 72.8 Å². The molecule has 0 saturated carbocycles. The highest BCUT2D eigenvalue weighted by Crippen LogP contribution is 2.43. The summed E-state index contributed by atoms with van der Waals surface area (Å²) in [6.45, 7) is 0. The quantitative estimate of drug-likeness (QED) is 0.568. The van der Waals surface area contributed by atoms with Crippen LogP contribution in [0.4, 0.5) is 16.2 Å². The summed E-state index contributed by atoms with van der Waals surface area (Å²) < 4.78 is 11.2. The van der Waals surface area contributed by atoms with Gasteiger partial charge in [0.25, 0.3) is 0 Å². The summed E-state index contributed by atoms with van der Waals surface area (Å²) in [7, 11) is 3.18. The third kappa shape index (κ3) is 3.33. The van der Waals surface area contributed by atoms with Crippen LogP contribution in [0.5, 0.6) is 11.5 Å². The number of anilines is 1. The zero-order valence-corrected chi connectivity index (χ0v) is 17.7. The summed E-state index contributed by atoms with van der Waals surface area (Å²) in [5.74, 6) is 1.63. The van der Waals surface area contributed by atoms with Crippen LogP contribution in [0.1, 0.15) is 17.2 Å². The molecule has 2 aliphatic heterocycles. The third-order valence-corrected chi connectivity index (χ3v) is 5.52. The van der Waals surface area contributed by atoms with Crippen molar-refractivity contribution in [2.75, 3.05) is 19.5 Å². The minimum atomic E-state index is -0.524. The Hall–Kier alpha value is -4.26. The van der Waals surface area contributed by atoms with E-state index in [2.05, 4.69) is 16.0 Å². The summed E-state index contributed by atoms with van der Waals surface area (Å²) >= 11 is 0. The molecule has 2 aliphatic rings. The number of ether oxygens (including phenoxy) is 2. The lowest BCUT2D eigenvalue weighted by Crippen LogP contribution is -2.50. The first-order chi connectivity index (χ1) is 15.7. The molecule has 7 heteroatoms. The molecular formula is C25H22N4O3. The van der Waals surface area contributed by atoms with Crippen LogP contribution in [0.25, 0.3) is 5.70 Å². The van der Waals surface area contributed by atoms with Crippen LogP contribution in [0, 0.1) is 0 Å². The number of nitrogens with zero attached hydrogens (tertiary/aromatic N) is 1. The van der Waals surface area contributed by atoms with Gasteiger partial charge in [0.05, 0.1) is 37.3 Å². The van der Waals surface area contributed by atoms with Gasteiger partial charge in [0.15, 0.2) is 11.5 Å². The Kier molecular flexibility index (Phi) is 4.99. The van der Waals surface area contributed by atoms with Gasteiger partial charge < -0.3 is 20.1 Å². The van der Waals surface area contributed by atoms with E-state index in [4.69, 9.17) is 14.5 Å². The van der Waals surface area contributed by atoms with E-state index in [1.165, 1.54) is 0 Å². The Bertz CT molecular complexity index is 1250. The minimum absolute atomic E-state index is 0.339. The second-order valence-corrected chi connectivity index (χ2v) is 7.37. The molecule has 160 valence electrons. The van der Waals surface area contributed by atoms with Crippen molar-refractivity contribution in [3.05, 3.63) is 89.5 Å². The van der Waals surface area contributed by atoms with E-state index in [0.29, 0.717) is 17.3 Å². The number of aliphatic imine (C=N–C) groups is 1. The molecule has 0 spiro atoms. The Morgan fingerprint density at radius 2 is 1.62 bits per heavy atom. The van der Waals surface area contributed by atoms with E-state index in [0.717, 1.165) is 33.8 Å². The summed E-state index contributed by atoms with van der Waals surface area (Å²) in [6.07, 6.45) is 0. The highest BCUT2D eigenvalue weighted by molar-refractivity contribution is 6.18. The number of amidine groups is 1. The van der Waals surface area contributed by atoms with Crippen LogP contribution < -0.4 is 25.4 Å². The molecule has 1 atom stereocenters. The van der Waals surface area contributed by atoms with Crippen LogP contribution in [0.2, 0.25) is 0 Å². The molecule has 0 aromatic heterocycles. The number of carbonyl (C=O) groups is 1. The number of methoxy groups -OCH3 is 2. The molecule has 2 amide bonds. The first-order valence-electron chi connectivity index (χ1n) is 10.2. The van der Waals surface area contributed by atoms with Gasteiger partial charge in [-0.05, 0) is 23.8 Å². The lowest BCUT2D eigenvalue weighted by molar-refractivity contribution is 0.241. The van der Waals surface area contributed by atoms with E-state index in [1.54, 1.807) is 14.2 Å². The SMILES string of the molecule is COc1cccc(C2NC(=O)NC3=Nc4ccccc4NC(c4ccccc4)=C32)c1OC. The van der Waals surface area contributed by atoms with Crippen molar-refractivity contribution >= 4 is 28.9 Å². The summed E-state index contributed by atoms with van der Waals surface area (Å²) in [5, 5.41) is 9.50. The second-order valence-electron chi connectivity index (χ2n) is 7.37. The number of rotatable bonds is 4. The van der Waals surface area contributed by atoms with Crippen molar-refractivity contribution in [1.29, 1.82) is 0 Å². The fourth-order valence-electron chi connectivity index (χ4n) is 4.11. The Morgan fingerprint density at radius 1 is 0.844 bits per heavy atom. The van der Waals surface area contributed by atoms with Crippen molar-refractivity contribution in [1.82, 2.24) is 10.6 Å². The maximum Gasteiger partial charge on any atom is 0.321 e. The number of nitrogens with one attached hydrogen (secondary N) is 3. The largest absolute Gasteiger partial charge is 0.493 e. The molecule has 1 saturated heterocycles. The number of amides is 2. The van der Waals surface area contributed by atoms with Crippen molar-refractivity contribution in [3.8, 4) is 11.5 Å². The molecule has 0 bridgehead atoms. The van der Waals surface area contributed by atoms with Crippen molar-refractivity contribution in [2.45, 2.75) is 6.04 Å². The lowest BCUT2D eigenvalue weighted by Gasteiger charge is -2.31. The topological polar surface area (TPSA) is 84.0 Å². The number of hydrogen-bond acceptors (Lipinski definition) is 5. The first-order valence-corrected chi connectivity index (χ1v) is 10.2. The fourth-order valence-corrected chi connectivity index (χ4v) is 4.11. The number of urea groups is 1. The summed E-state index contributed by atoms with van der Waals surface area (Å²) in [5.41, 5.74) is 4.98. The molecule has 32 heavy (non-hydrogen) atoms. The van der Waals surface area contributed by atoms with Gasteiger partial charge in [0.2, 0.25) is 0 Å². The monoisotopic (exact) mass is 426 g/mol. The number of fused-ring (bicyclic) bond motifs is 2. The summed E-state index contributed by atoms with van der Waals surface area (Å²) in [4.78, 5) is 17.5. The van der Waals surface area contributed by atoms with Gasteiger partial charge in [0, 0.05) is 11.1 Å². The van der Waals surface area contributed by atoms with Gasteiger partial charge in [-0.15, -0.1) is 0 Å². The minimum Gasteiger partial charge on any atom is -0.493 e. The normalized spacial score (nSPS) is 17.0. The molecule has 0 radical (unpaired) electrons. The van der Waals surface area contributed by atoms with Crippen LogP contribution in [-0.2, 0) is 0 Å². The van der Waals surface area contributed by atoms with Gasteiger partial charge in [-0.3, -0.25) is 5.32 Å². The maximum atomic E-state index is 12.7. The molecule has 3 N–H and O–H groups in total. The highest BCUT2D eigenvalue weighted by atomic mass is 16.5. The van der Waals surface area contributed by atoms with Crippen LogP contribution in [0.3, 0.4) is 0 Å². The van der Waals surface area contributed by atoms with Gasteiger partial charge >= 0.3 is 6.03 Å². The third-order valence-electron chi connectivity index (χ3n) is 5.52. The predicted octanol–water partition coefficient (Wildman–Crippen LogP) is 4.62. The second kappa shape index (κ2) is 8.11. The molecule has 3 aromatic carbocycles. The van der Waals surface area contributed by atoms with Crippen molar-refractivity contribution in [2.24, 2.45) is 4.99 Å². The molecule has 0 aliphatic carbocycles. The highest BCUT2D eigenvalue weighted by Gasteiger charge is 2.36. The molecule has 2 heterocycles. The van der Waals surface area contributed by atoms with Crippen molar-refractivity contribution in [3.63, 3.8) is 0 Å². The molecule has 1 unspecified atom stereocenters. The average Bonchev–Trinajstić information content (AvgIpc) is 3.00. The maximum absolute atomic E-state index is 12.7. The van der Waals surface area contributed by atoms with Gasteiger partial charge in [0.1, 0.15) is 5.84 Å². The number of benzene rings is 3. The zero-order chi connectivity index (χ0) is 22.1. The average molecular weight is 426 g/mol. The predicted molar refractivity (Wildman–Crippen MR) is 124 cm³/mol. The van der Waals surface area contributed by atoms with Crippen LogP contribution in [0.15, 0.2) is 83.4 Å². The van der Waals surface area contributed by atoms with Crippen LogP contribution >= 0.6 is 0 Å². The van der Waals surface area contributed by atoms with E-state index >= 15 is 0 Å². The number of carbonyl (C=O) groups excluding carboxylic acids is 1. The van der Waals surface area contributed by atoms with Crippen molar-refractivity contribution < 1.29 is 14.3 Å². The van der Waals surface area contributed by atoms with Crippen LogP contribution in [-0.4, -0.2) is 26.1 Å². The van der Waals surface area contributed by atoms with E-state index in [-0.39, 0.29) is 6.03 Å². The molecular weight excluding hydrogens is 404 g/mol. The number of para-hydroxylation sites is 3. The first kappa shape index (κ1) is 19.7. The van der Waals surface area contributed by atoms with E-state index < -0.39 is 6.04 Å². The standard InChI is InChI=1S/C25H22N4O3/c1-31-19-14-8-11-16(23(19)32-2)22-20-21(15-9-4-3-5-10-15)26-17-12-6-7-13-18(17)27-24(20)29-25(30)28-22/h3-14,22,26H,1-2H3,(H2,27,28,29,30). The molecule has 1 fully saturated rings. The van der Waals surface area contributed by atoms with Gasteiger partial charge in [-0.25, -0.2) is 9.79 Å².